The minimum atomic E-state index is -1.70. The maximum absolute atomic E-state index is 15.2. The van der Waals surface area contributed by atoms with Crippen molar-refractivity contribution in [2.75, 3.05) is 25.1 Å². The molecule has 1 aliphatic rings. The molecule has 1 aliphatic heterocycles. The predicted octanol–water partition coefficient (Wildman–Crippen LogP) is 1.92. The summed E-state index contributed by atoms with van der Waals surface area (Å²) in [5, 5.41) is 31.2. The van der Waals surface area contributed by atoms with Crippen molar-refractivity contribution in [3.8, 4) is 0 Å². The lowest BCUT2D eigenvalue weighted by Gasteiger charge is -2.33. The van der Waals surface area contributed by atoms with E-state index in [-0.39, 0.29) is 50.2 Å². The number of pyridine rings is 1. The molecule has 442 valence electrons. The second kappa shape index (κ2) is 29.3. The van der Waals surface area contributed by atoms with E-state index in [1.807, 2.05) is 91.0 Å². The van der Waals surface area contributed by atoms with Gasteiger partial charge in [-0.2, -0.15) is 0 Å². The Labute approximate surface area is 493 Å². The minimum absolute atomic E-state index is 0.0281. The number of nitrogens with zero attached hydrogens (tertiary/aromatic N) is 2. The van der Waals surface area contributed by atoms with Gasteiger partial charge in [-0.1, -0.05) is 107 Å². The number of rotatable bonds is 18. The second-order valence-electron chi connectivity index (χ2n) is 20.9. The Bertz CT molecular complexity index is 3470. The van der Waals surface area contributed by atoms with Crippen LogP contribution in [0.4, 0.5) is 0 Å². The molecule has 9 atom stereocenters. The quantitative estimate of drug-likeness (QED) is 0.0432. The van der Waals surface area contributed by atoms with Gasteiger partial charge < -0.3 is 69.1 Å². The summed E-state index contributed by atoms with van der Waals surface area (Å²) in [6, 6.07) is 20.5. The van der Waals surface area contributed by atoms with Crippen LogP contribution in [0.25, 0.3) is 32.6 Å². The molecule has 15 N–H and O–H groups in total. The maximum Gasteiger partial charge on any atom is 0.245 e. The number of aliphatic hydroxyl groups is 1. The van der Waals surface area contributed by atoms with Gasteiger partial charge in [0.2, 0.25) is 47.3 Å². The molecule has 7 aromatic rings. The smallest absolute Gasteiger partial charge is 0.245 e. The largest absolute Gasteiger partial charge is 0.391 e. The zero-order valence-electron chi connectivity index (χ0n) is 46.5. The highest BCUT2D eigenvalue weighted by atomic mass is 33.1. The Morgan fingerprint density at radius 1 is 0.726 bits per heavy atom. The molecule has 0 radical (unpaired) electrons. The van der Waals surface area contributed by atoms with Crippen molar-refractivity contribution in [3.63, 3.8) is 0 Å². The van der Waals surface area contributed by atoms with Crippen molar-refractivity contribution in [1.82, 2.24) is 51.8 Å². The Hall–Kier alpha value is -8.29. The van der Waals surface area contributed by atoms with E-state index in [2.05, 4.69) is 46.9 Å². The first-order valence-electron chi connectivity index (χ1n) is 27.7. The van der Waals surface area contributed by atoms with Crippen molar-refractivity contribution in [2.45, 2.75) is 106 Å². The zero-order valence-corrected chi connectivity index (χ0v) is 48.2. The first-order chi connectivity index (χ1) is 40.5. The number of aromatic nitrogens is 3. The SMILES string of the molecule is C[C@@H](O)[C@@H]1NC(=O)[C@H](CCCCN)N(C)C(=O)[C@@H](Cc2c[nH]c3ccccc23)NC(=O)[C@H](Cc2cccnc2)NC(=O)[C@H](NC(=O)[C@@H](N)Cc2ccc3ccccc3c2)CSSC[C@@H](C(=O)N[C@H](Cc2c[nH]c3ccccc23)C(N)=O)NC1=O. The van der Waals surface area contributed by atoms with E-state index in [9.17, 15) is 33.9 Å². The molecule has 0 unspecified atom stereocenters. The van der Waals surface area contributed by atoms with Crippen LogP contribution in [0.15, 0.2) is 128 Å². The number of carbonyl (C=O) groups excluding carboxylic acids is 8. The van der Waals surface area contributed by atoms with E-state index in [4.69, 9.17) is 17.2 Å². The average molecular weight is 1180 g/mol. The van der Waals surface area contributed by atoms with Crippen LogP contribution in [0.1, 0.15) is 48.4 Å². The lowest BCUT2D eigenvalue weighted by molar-refractivity contribution is -0.143. The summed E-state index contributed by atoms with van der Waals surface area (Å²) >= 11 is 0. The highest BCUT2D eigenvalue weighted by Crippen LogP contribution is 2.26. The molecule has 0 bridgehead atoms. The molecule has 1 fully saturated rings. The number of likely N-dealkylation sites (N-methyl/N-ethyl adjacent to an activating group) is 1. The number of benzene rings is 4. The Morgan fingerprint density at radius 3 is 2.08 bits per heavy atom. The van der Waals surface area contributed by atoms with Crippen molar-refractivity contribution >= 4 is 101 Å². The zero-order chi connectivity index (χ0) is 59.9. The van der Waals surface area contributed by atoms with E-state index in [1.54, 1.807) is 30.7 Å². The molecule has 4 heterocycles. The van der Waals surface area contributed by atoms with Gasteiger partial charge in [-0.15, -0.1) is 0 Å². The first-order valence-corrected chi connectivity index (χ1v) is 30.2. The van der Waals surface area contributed by atoms with Gasteiger partial charge in [-0.25, -0.2) is 0 Å². The number of primary amides is 1. The van der Waals surface area contributed by atoms with E-state index in [0.29, 0.717) is 29.5 Å². The number of para-hydroxylation sites is 2. The van der Waals surface area contributed by atoms with Gasteiger partial charge in [-0.05, 0) is 90.4 Å². The summed E-state index contributed by atoms with van der Waals surface area (Å²) in [6.07, 6.45) is 5.63. The summed E-state index contributed by atoms with van der Waals surface area (Å²) in [4.78, 5) is 128. The van der Waals surface area contributed by atoms with Gasteiger partial charge >= 0.3 is 0 Å². The van der Waals surface area contributed by atoms with Crippen molar-refractivity contribution < 1.29 is 43.5 Å². The molecule has 1 saturated heterocycles. The number of fused-ring (bicyclic) bond motifs is 3. The highest BCUT2D eigenvalue weighted by molar-refractivity contribution is 8.76. The van der Waals surface area contributed by atoms with E-state index in [0.717, 1.165) is 59.7 Å². The van der Waals surface area contributed by atoms with Gasteiger partial charge in [0.15, 0.2) is 0 Å². The number of H-pyrrole nitrogens is 2. The third-order valence-electron chi connectivity index (χ3n) is 14.8. The summed E-state index contributed by atoms with van der Waals surface area (Å²) in [5.74, 6) is -6.96. The van der Waals surface area contributed by atoms with Crippen LogP contribution in [0.3, 0.4) is 0 Å². The van der Waals surface area contributed by atoms with E-state index < -0.39 is 102 Å². The van der Waals surface area contributed by atoms with Gasteiger partial charge in [0.25, 0.3) is 0 Å². The summed E-state index contributed by atoms with van der Waals surface area (Å²) in [7, 11) is 3.44. The van der Waals surface area contributed by atoms with Crippen molar-refractivity contribution in [1.29, 1.82) is 0 Å². The fourth-order valence-electron chi connectivity index (χ4n) is 10.1. The number of hydrogen-bond donors (Lipinski definition) is 12. The van der Waals surface area contributed by atoms with Crippen LogP contribution in [-0.4, -0.2) is 152 Å². The molecular weight excluding hydrogens is 1110 g/mol. The number of carbonyl (C=O) groups is 8. The molecule has 8 amide bonds. The fourth-order valence-corrected chi connectivity index (χ4v) is 12.5. The lowest BCUT2D eigenvalue weighted by Crippen LogP contribution is -2.62. The number of unbranched alkanes of at least 4 members (excludes halogenated alkanes) is 1. The minimum Gasteiger partial charge on any atom is -0.391 e. The van der Waals surface area contributed by atoms with Crippen LogP contribution in [0.2, 0.25) is 0 Å². The molecule has 0 spiro atoms. The van der Waals surface area contributed by atoms with Gasteiger partial charge in [0.05, 0.1) is 12.1 Å². The molecule has 4 aromatic carbocycles. The topological polar surface area (TPSA) is 355 Å². The standard InChI is InChI=1S/C60H71N13O9S2/c1-34(74)52-59(81)71-50(56(78)67-46(53(63)75)27-39-30-65-44-17-7-5-15-41(39)44)33-84-83-32-49(70-54(76)43(62)25-35-20-21-37-13-3-4-14-38(37)24-35)57(79)68-47(26-36-12-11-23-64-29-36)55(77)69-48(28-40-31-66-45-18-8-6-16-42(40)45)60(82)73(2)51(58(80)72-52)19-9-10-22-61/h3-8,11-18,20-21,23-24,29-31,34,43,46-52,65-66,74H,9-10,19,22,25-28,32-33,61-62H2,1-2H3,(H2,63,75)(H,67,78)(H,68,79)(H,69,77)(H,70,76)(H,71,81)(H,72,80)/t34-,43+,46-,47+,48-,49-,50+,51+,52+/m1/s1. The normalized spacial score (nSPS) is 20.9. The van der Waals surface area contributed by atoms with Crippen LogP contribution in [0, 0.1) is 0 Å². The number of amides is 8. The lowest BCUT2D eigenvalue weighted by atomic mass is 10.00. The van der Waals surface area contributed by atoms with Gasteiger partial charge in [-0.3, -0.25) is 43.3 Å². The molecule has 84 heavy (non-hydrogen) atoms. The first kappa shape index (κ1) is 61.8. The Balaban J connectivity index is 1.15. The summed E-state index contributed by atoms with van der Waals surface area (Å²) < 4.78 is 0. The average Bonchev–Trinajstić information content (AvgIpc) is 3.68. The van der Waals surface area contributed by atoms with Crippen LogP contribution >= 0.6 is 21.6 Å². The Morgan fingerprint density at radius 2 is 1.39 bits per heavy atom. The van der Waals surface area contributed by atoms with E-state index >= 15 is 9.59 Å². The summed E-state index contributed by atoms with van der Waals surface area (Å²) in [5.41, 5.74) is 22.5. The third-order valence-corrected chi connectivity index (χ3v) is 17.2. The number of aromatic amines is 2. The van der Waals surface area contributed by atoms with Crippen molar-refractivity contribution in [3.05, 3.63) is 150 Å². The number of nitrogens with two attached hydrogens (primary N) is 3. The third kappa shape index (κ3) is 16.1. The molecule has 0 saturated carbocycles. The van der Waals surface area contributed by atoms with Crippen LogP contribution in [0.5, 0.6) is 0 Å². The predicted molar refractivity (Wildman–Crippen MR) is 324 cm³/mol. The number of nitrogens with one attached hydrogen (secondary N) is 8. The molecule has 8 rings (SSSR count). The highest BCUT2D eigenvalue weighted by Gasteiger charge is 2.39. The second-order valence-corrected chi connectivity index (χ2v) is 23.5. The molecule has 24 heteroatoms. The monoisotopic (exact) mass is 1180 g/mol. The van der Waals surface area contributed by atoms with Crippen molar-refractivity contribution in [2.24, 2.45) is 17.2 Å². The fraction of sp³-hybridized carbons (Fsp3) is 0.350. The maximum atomic E-state index is 15.2. The van der Waals surface area contributed by atoms with Crippen LogP contribution in [-0.2, 0) is 64.0 Å². The van der Waals surface area contributed by atoms with Crippen LogP contribution < -0.4 is 49.1 Å². The Kier molecular flexibility index (Phi) is 21.5. The number of hydrogen-bond acceptors (Lipinski definition) is 14. The summed E-state index contributed by atoms with van der Waals surface area (Å²) in [6.45, 7) is 1.53. The molecule has 3 aromatic heterocycles. The molecular formula is C60H71N13O9S2. The van der Waals surface area contributed by atoms with Gasteiger partial charge in [0, 0.05) is 84.4 Å². The van der Waals surface area contributed by atoms with E-state index in [1.165, 1.54) is 25.1 Å². The number of aliphatic hydroxyl groups excluding tert-OH is 1. The molecule has 22 nitrogen and oxygen atoms in total. The van der Waals surface area contributed by atoms with Gasteiger partial charge in [0.1, 0.15) is 42.3 Å². The molecule has 0 aliphatic carbocycles.